The molecule has 0 saturated carbocycles. The summed E-state index contributed by atoms with van der Waals surface area (Å²) >= 11 is 0. The van der Waals surface area contributed by atoms with Gasteiger partial charge in [0.05, 0.1) is 29.6 Å². The SMILES string of the molecule is CCC(C)Oc1ccc(-c2ccc(C#N)cc2Oc2cc(N3CCCCC3)nn2C)nc1. The molecule has 0 spiro atoms. The second-order valence-corrected chi connectivity index (χ2v) is 8.15. The van der Waals surface area contributed by atoms with E-state index in [0.29, 0.717) is 17.2 Å². The summed E-state index contributed by atoms with van der Waals surface area (Å²) in [5.41, 5.74) is 2.08. The van der Waals surface area contributed by atoms with Gasteiger partial charge in [-0.25, -0.2) is 4.68 Å². The Bertz CT molecular complexity index is 1090. The molecular formula is C25H29N5O2. The molecule has 0 radical (unpaired) electrons. The van der Waals surface area contributed by atoms with E-state index in [4.69, 9.17) is 9.47 Å². The van der Waals surface area contributed by atoms with Gasteiger partial charge in [-0.15, -0.1) is 0 Å². The lowest BCUT2D eigenvalue weighted by atomic mass is 10.1. The summed E-state index contributed by atoms with van der Waals surface area (Å²) in [5.74, 6) is 2.85. The van der Waals surface area contributed by atoms with Crippen LogP contribution in [0.4, 0.5) is 5.82 Å². The van der Waals surface area contributed by atoms with Crippen LogP contribution in [0.5, 0.6) is 17.4 Å². The van der Waals surface area contributed by atoms with Gasteiger partial charge < -0.3 is 14.4 Å². The number of nitrogens with zero attached hydrogens (tertiary/aromatic N) is 5. The van der Waals surface area contributed by atoms with E-state index in [1.807, 2.05) is 38.2 Å². The maximum Gasteiger partial charge on any atom is 0.219 e. The Morgan fingerprint density at radius 3 is 2.62 bits per heavy atom. The van der Waals surface area contributed by atoms with Crippen LogP contribution in [0.15, 0.2) is 42.6 Å². The molecule has 1 aliphatic rings. The van der Waals surface area contributed by atoms with Gasteiger partial charge in [0.2, 0.25) is 5.88 Å². The molecule has 0 amide bonds. The highest BCUT2D eigenvalue weighted by molar-refractivity contribution is 5.69. The molecule has 4 rings (SSSR count). The third-order valence-electron chi connectivity index (χ3n) is 5.75. The summed E-state index contributed by atoms with van der Waals surface area (Å²) in [7, 11) is 1.87. The van der Waals surface area contributed by atoms with E-state index in [1.165, 1.54) is 19.3 Å². The zero-order chi connectivity index (χ0) is 22.5. The molecule has 1 atom stereocenters. The fourth-order valence-corrected chi connectivity index (χ4v) is 3.73. The number of nitriles is 1. The lowest BCUT2D eigenvalue weighted by molar-refractivity contribution is 0.216. The van der Waals surface area contributed by atoms with Crippen LogP contribution in [-0.2, 0) is 7.05 Å². The normalized spacial score (nSPS) is 14.6. The number of hydrogen-bond acceptors (Lipinski definition) is 6. The van der Waals surface area contributed by atoms with Gasteiger partial charge in [-0.2, -0.15) is 10.4 Å². The van der Waals surface area contributed by atoms with Crippen LogP contribution in [0.1, 0.15) is 45.1 Å². The summed E-state index contributed by atoms with van der Waals surface area (Å²) < 4.78 is 13.9. The third kappa shape index (κ3) is 4.86. The first-order chi connectivity index (χ1) is 15.6. The molecule has 0 N–H and O–H groups in total. The monoisotopic (exact) mass is 431 g/mol. The van der Waals surface area contributed by atoms with Crippen molar-refractivity contribution in [2.45, 2.75) is 45.6 Å². The lowest BCUT2D eigenvalue weighted by Gasteiger charge is -2.26. The smallest absolute Gasteiger partial charge is 0.219 e. The van der Waals surface area contributed by atoms with Crippen LogP contribution in [0.2, 0.25) is 0 Å². The minimum absolute atomic E-state index is 0.135. The van der Waals surface area contributed by atoms with Gasteiger partial charge in [0.25, 0.3) is 0 Å². The minimum Gasteiger partial charge on any atom is -0.489 e. The molecule has 0 bridgehead atoms. The van der Waals surface area contributed by atoms with Crippen molar-refractivity contribution in [3.63, 3.8) is 0 Å². The molecule has 3 aromatic rings. The summed E-state index contributed by atoms with van der Waals surface area (Å²) in [6.07, 6.45) is 6.43. The maximum absolute atomic E-state index is 9.40. The molecule has 166 valence electrons. The molecule has 3 heterocycles. The van der Waals surface area contributed by atoms with Gasteiger partial charge >= 0.3 is 0 Å². The largest absolute Gasteiger partial charge is 0.489 e. The number of piperidine rings is 1. The molecule has 7 nitrogen and oxygen atoms in total. The second kappa shape index (κ2) is 9.73. The van der Waals surface area contributed by atoms with E-state index < -0.39 is 0 Å². The van der Waals surface area contributed by atoms with Gasteiger partial charge in [0.15, 0.2) is 5.82 Å². The molecule has 1 aromatic carbocycles. The average Bonchev–Trinajstić information content (AvgIpc) is 3.20. The molecule has 2 aromatic heterocycles. The molecule has 1 saturated heterocycles. The van der Waals surface area contributed by atoms with Crippen molar-refractivity contribution in [1.29, 1.82) is 5.26 Å². The topological polar surface area (TPSA) is 76.2 Å². The van der Waals surface area contributed by atoms with Crippen LogP contribution >= 0.6 is 0 Å². The maximum atomic E-state index is 9.40. The number of aromatic nitrogens is 3. The number of pyridine rings is 1. The van der Waals surface area contributed by atoms with Gasteiger partial charge in [-0.05, 0) is 62.9 Å². The molecule has 32 heavy (non-hydrogen) atoms. The predicted molar refractivity (Wildman–Crippen MR) is 124 cm³/mol. The standard InChI is InChI=1S/C25H29N5O2/c1-4-18(2)31-20-9-11-22(27-17-20)21-10-8-19(16-26)14-23(21)32-25-15-24(28-29(25)3)30-12-6-5-7-13-30/h8-11,14-15,17-18H,4-7,12-13H2,1-3H3. The van der Waals surface area contributed by atoms with Crippen molar-refractivity contribution in [2.75, 3.05) is 18.0 Å². The minimum atomic E-state index is 0.135. The first kappa shape index (κ1) is 21.7. The second-order valence-electron chi connectivity index (χ2n) is 8.15. The highest BCUT2D eigenvalue weighted by Gasteiger charge is 2.18. The number of rotatable bonds is 7. The van der Waals surface area contributed by atoms with Gasteiger partial charge in [0.1, 0.15) is 11.5 Å². The van der Waals surface area contributed by atoms with Crippen LogP contribution in [-0.4, -0.2) is 34.0 Å². The fourth-order valence-electron chi connectivity index (χ4n) is 3.73. The Labute approximate surface area is 189 Å². The summed E-state index contributed by atoms with van der Waals surface area (Å²) in [6, 6.07) is 13.4. The van der Waals surface area contributed by atoms with Crippen LogP contribution in [0.25, 0.3) is 11.3 Å². The van der Waals surface area contributed by atoms with Crippen molar-refractivity contribution in [3.05, 3.63) is 48.2 Å². The Hall–Kier alpha value is -3.53. The Morgan fingerprint density at radius 1 is 1.12 bits per heavy atom. The molecule has 1 aliphatic heterocycles. The van der Waals surface area contributed by atoms with E-state index in [2.05, 4.69) is 28.0 Å². The quantitative estimate of drug-likeness (QED) is 0.504. The highest BCUT2D eigenvalue weighted by atomic mass is 16.5. The van der Waals surface area contributed by atoms with Crippen molar-refractivity contribution in [1.82, 2.24) is 14.8 Å². The van der Waals surface area contributed by atoms with Crippen LogP contribution < -0.4 is 14.4 Å². The third-order valence-corrected chi connectivity index (χ3v) is 5.75. The zero-order valence-corrected chi connectivity index (χ0v) is 18.9. The first-order valence-electron chi connectivity index (χ1n) is 11.2. The van der Waals surface area contributed by atoms with Crippen molar-refractivity contribution in [2.24, 2.45) is 7.05 Å². The summed E-state index contributed by atoms with van der Waals surface area (Å²) in [6.45, 7) is 6.15. The van der Waals surface area contributed by atoms with Crippen LogP contribution in [0, 0.1) is 11.3 Å². The van der Waals surface area contributed by atoms with Crippen molar-refractivity contribution < 1.29 is 9.47 Å². The highest BCUT2D eigenvalue weighted by Crippen LogP contribution is 2.35. The number of anilines is 1. The van der Waals surface area contributed by atoms with E-state index >= 15 is 0 Å². The van der Waals surface area contributed by atoms with Crippen molar-refractivity contribution >= 4 is 5.82 Å². The van der Waals surface area contributed by atoms with E-state index in [9.17, 15) is 5.26 Å². The van der Waals surface area contributed by atoms with Gasteiger partial charge in [-0.3, -0.25) is 4.98 Å². The zero-order valence-electron chi connectivity index (χ0n) is 18.9. The van der Waals surface area contributed by atoms with E-state index in [-0.39, 0.29) is 6.10 Å². The lowest BCUT2D eigenvalue weighted by Crippen LogP contribution is -2.29. The first-order valence-corrected chi connectivity index (χ1v) is 11.2. The molecule has 0 aliphatic carbocycles. The Kier molecular flexibility index (Phi) is 6.60. The fraction of sp³-hybridized carbons (Fsp3) is 0.400. The number of ether oxygens (including phenoxy) is 2. The number of benzene rings is 1. The Morgan fingerprint density at radius 2 is 1.94 bits per heavy atom. The Balaban J connectivity index is 1.62. The van der Waals surface area contributed by atoms with E-state index in [1.54, 1.807) is 23.0 Å². The molecule has 1 unspecified atom stereocenters. The van der Waals surface area contributed by atoms with E-state index in [0.717, 1.165) is 42.3 Å². The summed E-state index contributed by atoms with van der Waals surface area (Å²) in [4.78, 5) is 6.87. The predicted octanol–water partition coefficient (Wildman–Crippen LogP) is 5.31. The number of aryl methyl sites for hydroxylation is 1. The van der Waals surface area contributed by atoms with Crippen molar-refractivity contribution in [3.8, 4) is 34.7 Å². The van der Waals surface area contributed by atoms with Crippen LogP contribution in [0.3, 0.4) is 0 Å². The summed E-state index contributed by atoms with van der Waals surface area (Å²) in [5, 5.41) is 14.0. The molecular weight excluding hydrogens is 402 g/mol. The average molecular weight is 432 g/mol. The molecule has 7 heteroatoms. The molecule has 1 fully saturated rings. The van der Waals surface area contributed by atoms with Gasteiger partial charge in [-0.1, -0.05) is 6.92 Å². The van der Waals surface area contributed by atoms with Gasteiger partial charge in [0, 0.05) is 31.8 Å². The number of hydrogen-bond donors (Lipinski definition) is 0.